The molecule has 1 fully saturated rings. The van der Waals surface area contributed by atoms with Crippen molar-refractivity contribution in [2.75, 3.05) is 12.9 Å². The number of ether oxygens (including phenoxy) is 1. The number of carbonyl (C=O) groups is 1. The first-order chi connectivity index (χ1) is 10.6. The van der Waals surface area contributed by atoms with Crippen molar-refractivity contribution in [2.24, 2.45) is 0 Å². The fraction of sp³-hybridized carbons (Fsp3) is 0.600. The molecule has 1 unspecified atom stereocenters. The first-order valence-electron chi connectivity index (χ1n) is 7.45. The average molecular weight is 339 g/mol. The third-order valence-corrected chi connectivity index (χ3v) is 5.61. The molecule has 0 spiro atoms. The van der Waals surface area contributed by atoms with Crippen molar-refractivity contribution in [1.82, 2.24) is 4.98 Å². The Labute approximate surface area is 139 Å². The zero-order chi connectivity index (χ0) is 17.4. The molecule has 126 valence electrons. The predicted octanol–water partition coefficient (Wildman–Crippen LogP) is 1.29. The highest BCUT2D eigenvalue weighted by Gasteiger charge is 2.52. The van der Waals surface area contributed by atoms with Crippen molar-refractivity contribution in [3.05, 3.63) is 18.0 Å². The number of esters is 1. The van der Waals surface area contributed by atoms with Gasteiger partial charge in [0.1, 0.15) is 0 Å². The van der Waals surface area contributed by atoms with Crippen LogP contribution < -0.4 is 5.46 Å². The Balaban J connectivity index is 2.43. The van der Waals surface area contributed by atoms with Gasteiger partial charge in [0.2, 0.25) is 0 Å². The van der Waals surface area contributed by atoms with E-state index in [1.165, 1.54) is 13.3 Å². The number of nitrogens with zero attached hydrogens (tertiary/aromatic N) is 1. The largest absolute Gasteiger partial charge is 0.496 e. The highest BCUT2D eigenvalue weighted by molar-refractivity contribution is 7.85. The lowest BCUT2D eigenvalue weighted by molar-refractivity contribution is 0.00578. The lowest BCUT2D eigenvalue weighted by Gasteiger charge is -2.32. The highest BCUT2D eigenvalue weighted by Crippen LogP contribution is 2.36. The SMILES string of the molecule is CCS(=O)c1cc(B2OC(C)(C)C(C)(C)O2)cnc1C(=O)OC. The number of pyridine rings is 1. The maximum atomic E-state index is 12.3. The first-order valence-corrected chi connectivity index (χ1v) is 8.77. The van der Waals surface area contributed by atoms with E-state index < -0.39 is 35.1 Å². The molecule has 0 amide bonds. The third-order valence-electron chi connectivity index (χ3n) is 4.29. The van der Waals surface area contributed by atoms with Crippen molar-refractivity contribution < 1.29 is 23.0 Å². The standard InChI is InChI=1S/C15H22BNO5S/c1-7-23(19)11-8-10(9-17-12(11)13(18)20-6)16-21-14(2,3)15(4,5)22-16/h8-9H,7H2,1-6H3. The van der Waals surface area contributed by atoms with Gasteiger partial charge in [0.25, 0.3) is 0 Å². The molecule has 1 aromatic heterocycles. The van der Waals surface area contributed by atoms with E-state index in [-0.39, 0.29) is 5.69 Å². The summed E-state index contributed by atoms with van der Waals surface area (Å²) >= 11 is 0. The van der Waals surface area contributed by atoms with Crippen molar-refractivity contribution in [1.29, 1.82) is 0 Å². The van der Waals surface area contributed by atoms with Crippen molar-refractivity contribution in [2.45, 2.75) is 50.7 Å². The summed E-state index contributed by atoms with van der Waals surface area (Å²) in [6.45, 7) is 9.59. The molecule has 1 aliphatic heterocycles. The second-order valence-electron chi connectivity index (χ2n) is 6.33. The van der Waals surface area contributed by atoms with Gasteiger partial charge in [0, 0.05) is 17.4 Å². The van der Waals surface area contributed by atoms with Crippen LogP contribution in [0.15, 0.2) is 17.2 Å². The maximum Gasteiger partial charge on any atom is 0.496 e. The Morgan fingerprint density at radius 1 is 1.30 bits per heavy atom. The molecule has 23 heavy (non-hydrogen) atoms. The summed E-state index contributed by atoms with van der Waals surface area (Å²) in [6, 6.07) is 1.65. The van der Waals surface area contributed by atoms with Gasteiger partial charge >= 0.3 is 13.1 Å². The molecule has 1 atom stereocenters. The summed E-state index contributed by atoms with van der Waals surface area (Å²) in [7, 11) is -0.697. The number of carbonyl (C=O) groups excluding carboxylic acids is 1. The van der Waals surface area contributed by atoms with Gasteiger partial charge in [0.15, 0.2) is 5.69 Å². The van der Waals surface area contributed by atoms with Crippen molar-refractivity contribution in [3.63, 3.8) is 0 Å². The number of hydrogen-bond donors (Lipinski definition) is 0. The molecule has 0 aliphatic carbocycles. The van der Waals surface area contributed by atoms with Crippen LogP contribution in [-0.2, 0) is 24.8 Å². The third kappa shape index (κ3) is 3.34. The molecule has 2 heterocycles. The number of aromatic nitrogens is 1. The monoisotopic (exact) mass is 339 g/mol. The Morgan fingerprint density at radius 2 is 1.87 bits per heavy atom. The molecular formula is C15H22BNO5S. The average Bonchev–Trinajstić information content (AvgIpc) is 2.73. The molecule has 8 heteroatoms. The minimum atomic E-state index is -1.35. The van der Waals surface area contributed by atoms with E-state index in [2.05, 4.69) is 4.98 Å². The van der Waals surface area contributed by atoms with Crippen LogP contribution >= 0.6 is 0 Å². The maximum absolute atomic E-state index is 12.3. The van der Waals surface area contributed by atoms with Crippen LogP contribution in [0.1, 0.15) is 45.1 Å². The molecule has 0 N–H and O–H groups in total. The predicted molar refractivity (Wildman–Crippen MR) is 88.2 cm³/mol. The van der Waals surface area contributed by atoms with Gasteiger partial charge in [-0.1, -0.05) is 6.92 Å². The van der Waals surface area contributed by atoms with E-state index >= 15 is 0 Å². The summed E-state index contributed by atoms with van der Waals surface area (Å²) in [5.74, 6) is -0.236. The lowest BCUT2D eigenvalue weighted by atomic mass is 9.80. The first kappa shape index (κ1) is 18.1. The normalized spacial score (nSPS) is 20.3. The van der Waals surface area contributed by atoms with Gasteiger partial charge in [-0.3, -0.25) is 4.21 Å². The second kappa shape index (κ2) is 6.34. The zero-order valence-corrected chi connectivity index (χ0v) is 15.2. The van der Waals surface area contributed by atoms with E-state index in [0.29, 0.717) is 16.1 Å². The lowest BCUT2D eigenvalue weighted by Crippen LogP contribution is -2.41. The molecule has 0 saturated carbocycles. The molecule has 1 aliphatic rings. The number of hydrogen-bond acceptors (Lipinski definition) is 6. The topological polar surface area (TPSA) is 74.7 Å². The number of methoxy groups -OCH3 is 1. The second-order valence-corrected chi connectivity index (χ2v) is 8.04. The van der Waals surface area contributed by atoms with E-state index in [0.717, 1.165) is 0 Å². The summed E-state index contributed by atoms with van der Waals surface area (Å²) in [5, 5.41) is 0. The van der Waals surface area contributed by atoms with Gasteiger partial charge in [-0.05, 0) is 33.8 Å². The van der Waals surface area contributed by atoms with Gasteiger partial charge in [-0.2, -0.15) is 0 Å². The van der Waals surface area contributed by atoms with Gasteiger partial charge in [0.05, 0.1) is 34.0 Å². The molecular weight excluding hydrogens is 317 g/mol. The van der Waals surface area contributed by atoms with Gasteiger partial charge < -0.3 is 14.0 Å². The van der Waals surface area contributed by atoms with Crippen molar-refractivity contribution >= 4 is 29.4 Å². The smallest absolute Gasteiger partial charge is 0.464 e. The number of rotatable bonds is 4. The Kier molecular flexibility index (Phi) is 4.99. The molecule has 0 aromatic carbocycles. The Bertz CT molecular complexity index is 631. The minimum absolute atomic E-state index is 0.0629. The molecule has 0 bridgehead atoms. The Hall–Kier alpha value is -1.25. The fourth-order valence-corrected chi connectivity index (χ4v) is 3.08. The van der Waals surface area contributed by atoms with Crippen LogP contribution in [0.2, 0.25) is 0 Å². The van der Waals surface area contributed by atoms with E-state index in [1.54, 1.807) is 13.0 Å². The summed E-state index contributed by atoms with van der Waals surface area (Å²) < 4.78 is 28.9. The fourth-order valence-electron chi connectivity index (χ4n) is 2.15. The molecule has 6 nitrogen and oxygen atoms in total. The van der Waals surface area contributed by atoms with Crippen LogP contribution in [0.4, 0.5) is 0 Å². The van der Waals surface area contributed by atoms with Crippen molar-refractivity contribution in [3.8, 4) is 0 Å². The molecule has 1 aromatic rings. The summed E-state index contributed by atoms with van der Waals surface area (Å²) in [6.07, 6.45) is 1.50. The highest BCUT2D eigenvalue weighted by atomic mass is 32.2. The van der Waals surface area contributed by atoms with Gasteiger partial charge in [-0.25, -0.2) is 9.78 Å². The van der Waals surface area contributed by atoms with Crippen LogP contribution in [0.25, 0.3) is 0 Å². The van der Waals surface area contributed by atoms with Gasteiger partial charge in [-0.15, -0.1) is 0 Å². The van der Waals surface area contributed by atoms with Crippen LogP contribution in [-0.4, -0.2) is 46.3 Å². The molecule has 0 radical (unpaired) electrons. The van der Waals surface area contributed by atoms with Crippen LogP contribution in [0, 0.1) is 0 Å². The summed E-state index contributed by atoms with van der Waals surface area (Å²) in [4.78, 5) is 16.3. The molecule has 2 rings (SSSR count). The molecule has 1 saturated heterocycles. The van der Waals surface area contributed by atoms with E-state index in [4.69, 9.17) is 14.0 Å². The van der Waals surface area contributed by atoms with Crippen LogP contribution in [0.3, 0.4) is 0 Å². The minimum Gasteiger partial charge on any atom is -0.464 e. The van der Waals surface area contributed by atoms with E-state index in [1.807, 2.05) is 27.7 Å². The van der Waals surface area contributed by atoms with Crippen LogP contribution in [0.5, 0.6) is 0 Å². The zero-order valence-electron chi connectivity index (χ0n) is 14.3. The quantitative estimate of drug-likeness (QED) is 0.608. The Morgan fingerprint density at radius 3 is 2.35 bits per heavy atom. The van der Waals surface area contributed by atoms with E-state index in [9.17, 15) is 9.00 Å². The summed E-state index contributed by atoms with van der Waals surface area (Å²) in [5.41, 5.74) is -0.271.